The summed E-state index contributed by atoms with van der Waals surface area (Å²) < 4.78 is 0. The normalized spacial score (nSPS) is 10.4. The molecular weight excluding hydrogens is 212 g/mol. The molecule has 0 aliphatic carbocycles. The monoisotopic (exact) mass is 222 g/mol. The molecule has 2 heterocycles. The Hall–Kier alpha value is -2.49. The molecule has 1 N–H and O–H groups in total. The summed E-state index contributed by atoms with van der Waals surface area (Å²) in [5.41, 5.74) is 1.96. The van der Waals surface area contributed by atoms with Crippen molar-refractivity contribution >= 4 is 22.4 Å². The van der Waals surface area contributed by atoms with E-state index in [1.54, 1.807) is 24.8 Å². The lowest BCUT2D eigenvalue weighted by Crippen LogP contribution is -1.93. The van der Waals surface area contributed by atoms with Crippen molar-refractivity contribution in [2.24, 2.45) is 0 Å². The first-order valence-corrected chi connectivity index (χ1v) is 5.30. The van der Waals surface area contributed by atoms with Crippen molar-refractivity contribution < 1.29 is 0 Å². The fourth-order valence-corrected chi connectivity index (χ4v) is 1.66. The fourth-order valence-electron chi connectivity index (χ4n) is 1.66. The number of aromatic nitrogens is 3. The maximum Gasteiger partial charge on any atom is 0.148 e. The summed E-state index contributed by atoms with van der Waals surface area (Å²) in [6.07, 6.45) is 6.78. The standard InChI is InChI=1S/C13H10N4/c1-2-10-8-11(3-4-12(10)15-5-1)17-13-9-14-6-7-16-13/h1-9H,(H,16,17). The molecular formula is C13H10N4. The molecule has 0 fully saturated rings. The van der Waals surface area contributed by atoms with Crippen LogP contribution in [0.1, 0.15) is 0 Å². The quantitative estimate of drug-likeness (QED) is 0.724. The summed E-state index contributed by atoms with van der Waals surface area (Å²) in [5.74, 6) is 0.732. The maximum absolute atomic E-state index is 4.27. The molecule has 0 spiro atoms. The third-order valence-corrected chi connectivity index (χ3v) is 2.44. The molecule has 0 saturated carbocycles. The van der Waals surface area contributed by atoms with Gasteiger partial charge in [-0.3, -0.25) is 9.97 Å². The summed E-state index contributed by atoms with van der Waals surface area (Å²) in [6, 6.07) is 9.95. The van der Waals surface area contributed by atoms with Gasteiger partial charge in [-0.25, -0.2) is 4.98 Å². The van der Waals surface area contributed by atoms with E-state index < -0.39 is 0 Å². The van der Waals surface area contributed by atoms with Gasteiger partial charge in [-0.2, -0.15) is 0 Å². The first kappa shape index (κ1) is 9.72. The van der Waals surface area contributed by atoms with Gasteiger partial charge in [0.15, 0.2) is 0 Å². The summed E-state index contributed by atoms with van der Waals surface area (Å²) in [6.45, 7) is 0. The Bertz CT molecular complexity index is 637. The van der Waals surface area contributed by atoms with Crippen LogP contribution in [0.5, 0.6) is 0 Å². The minimum atomic E-state index is 0.732. The van der Waals surface area contributed by atoms with Crippen molar-refractivity contribution in [2.45, 2.75) is 0 Å². The van der Waals surface area contributed by atoms with Crippen LogP contribution in [0.3, 0.4) is 0 Å². The number of hydrogen-bond acceptors (Lipinski definition) is 4. The molecule has 3 aromatic rings. The van der Waals surface area contributed by atoms with Crippen molar-refractivity contribution in [1.29, 1.82) is 0 Å². The second kappa shape index (κ2) is 4.17. The predicted octanol–water partition coefficient (Wildman–Crippen LogP) is 2.77. The van der Waals surface area contributed by atoms with Gasteiger partial charge in [-0.05, 0) is 24.3 Å². The van der Waals surface area contributed by atoms with E-state index in [2.05, 4.69) is 20.3 Å². The van der Waals surface area contributed by atoms with E-state index in [1.165, 1.54) is 0 Å². The topological polar surface area (TPSA) is 50.7 Å². The van der Waals surface area contributed by atoms with Gasteiger partial charge in [-0.1, -0.05) is 6.07 Å². The van der Waals surface area contributed by atoms with Crippen LogP contribution in [0.2, 0.25) is 0 Å². The van der Waals surface area contributed by atoms with Gasteiger partial charge < -0.3 is 5.32 Å². The Morgan fingerprint density at radius 2 is 1.94 bits per heavy atom. The molecule has 0 atom stereocenters. The van der Waals surface area contributed by atoms with E-state index in [1.807, 2.05) is 30.3 Å². The number of rotatable bonds is 2. The van der Waals surface area contributed by atoms with E-state index in [-0.39, 0.29) is 0 Å². The highest BCUT2D eigenvalue weighted by atomic mass is 15.0. The lowest BCUT2D eigenvalue weighted by Gasteiger charge is -2.05. The van der Waals surface area contributed by atoms with Crippen LogP contribution in [0.25, 0.3) is 10.9 Å². The molecule has 0 radical (unpaired) electrons. The molecule has 0 bridgehead atoms. The van der Waals surface area contributed by atoms with Crippen LogP contribution in [0, 0.1) is 0 Å². The zero-order valence-corrected chi connectivity index (χ0v) is 9.04. The average Bonchev–Trinajstić information content (AvgIpc) is 2.40. The van der Waals surface area contributed by atoms with Crippen LogP contribution in [-0.2, 0) is 0 Å². The summed E-state index contributed by atoms with van der Waals surface area (Å²) in [7, 11) is 0. The summed E-state index contributed by atoms with van der Waals surface area (Å²) in [5, 5.41) is 4.29. The number of pyridine rings is 1. The third-order valence-electron chi connectivity index (χ3n) is 2.44. The molecule has 0 unspecified atom stereocenters. The van der Waals surface area contributed by atoms with E-state index in [0.29, 0.717) is 0 Å². The molecule has 4 nitrogen and oxygen atoms in total. The third kappa shape index (κ3) is 2.06. The lowest BCUT2D eigenvalue weighted by atomic mass is 10.2. The average molecular weight is 222 g/mol. The molecule has 1 aromatic carbocycles. The lowest BCUT2D eigenvalue weighted by molar-refractivity contribution is 1.20. The molecule has 2 aromatic heterocycles. The first-order valence-electron chi connectivity index (χ1n) is 5.30. The van der Waals surface area contributed by atoms with E-state index in [9.17, 15) is 0 Å². The maximum atomic E-state index is 4.27. The van der Waals surface area contributed by atoms with Crippen LogP contribution in [0.4, 0.5) is 11.5 Å². The van der Waals surface area contributed by atoms with Crippen LogP contribution in [0.15, 0.2) is 55.1 Å². The second-order valence-electron chi connectivity index (χ2n) is 3.63. The Morgan fingerprint density at radius 1 is 0.941 bits per heavy atom. The highest BCUT2D eigenvalue weighted by Gasteiger charge is 1.98. The van der Waals surface area contributed by atoms with Gasteiger partial charge in [0.25, 0.3) is 0 Å². The largest absolute Gasteiger partial charge is 0.339 e. The second-order valence-corrected chi connectivity index (χ2v) is 3.63. The minimum Gasteiger partial charge on any atom is -0.339 e. The zero-order valence-electron chi connectivity index (χ0n) is 9.04. The number of nitrogens with zero attached hydrogens (tertiary/aromatic N) is 3. The number of fused-ring (bicyclic) bond motifs is 1. The molecule has 17 heavy (non-hydrogen) atoms. The Labute approximate surface area is 98.4 Å². The van der Waals surface area contributed by atoms with Crippen molar-refractivity contribution in [3.63, 3.8) is 0 Å². The fraction of sp³-hybridized carbons (Fsp3) is 0. The molecule has 0 aliphatic rings. The SMILES string of the molecule is c1cnc2ccc(Nc3cnccn3)cc2c1. The summed E-state index contributed by atoms with van der Waals surface area (Å²) >= 11 is 0. The molecule has 0 amide bonds. The minimum absolute atomic E-state index is 0.732. The van der Waals surface area contributed by atoms with E-state index >= 15 is 0 Å². The number of hydrogen-bond donors (Lipinski definition) is 1. The van der Waals surface area contributed by atoms with Gasteiger partial charge in [0, 0.05) is 29.7 Å². The summed E-state index contributed by atoms with van der Waals surface area (Å²) in [4.78, 5) is 12.4. The van der Waals surface area contributed by atoms with Crippen LogP contribution >= 0.6 is 0 Å². The molecule has 0 aliphatic heterocycles. The Kier molecular flexibility index (Phi) is 2.38. The van der Waals surface area contributed by atoms with Crippen molar-refractivity contribution in [3.8, 4) is 0 Å². The predicted molar refractivity (Wildman–Crippen MR) is 67.1 cm³/mol. The van der Waals surface area contributed by atoms with Crippen molar-refractivity contribution in [2.75, 3.05) is 5.32 Å². The first-order chi connectivity index (χ1) is 8.42. The van der Waals surface area contributed by atoms with E-state index in [4.69, 9.17) is 0 Å². The Morgan fingerprint density at radius 3 is 2.82 bits per heavy atom. The number of benzene rings is 1. The zero-order chi connectivity index (χ0) is 11.5. The highest BCUT2D eigenvalue weighted by molar-refractivity contribution is 5.82. The highest BCUT2D eigenvalue weighted by Crippen LogP contribution is 2.19. The Balaban J connectivity index is 1.96. The van der Waals surface area contributed by atoms with Gasteiger partial charge >= 0.3 is 0 Å². The van der Waals surface area contributed by atoms with Crippen molar-refractivity contribution in [3.05, 3.63) is 55.1 Å². The van der Waals surface area contributed by atoms with Crippen LogP contribution in [-0.4, -0.2) is 15.0 Å². The van der Waals surface area contributed by atoms with Crippen LogP contribution < -0.4 is 5.32 Å². The number of nitrogens with one attached hydrogen (secondary N) is 1. The molecule has 0 saturated heterocycles. The molecule has 4 heteroatoms. The van der Waals surface area contributed by atoms with Gasteiger partial charge in [0.2, 0.25) is 0 Å². The molecule has 82 valence electrons. The molecule has 3 rings (SSSR count). The van der Waals surface area contributed by atoms with Gasteiger partial charge in [0.05, 0.1) is 11.7 Å². The smallest absolute Gasteiger partial charge is 0.148 e. The van der Waals surface area contributed by atoms with Gasteiger partial charge in [0.1, 0.15) is 5.82 Å². The van der Waals surface area contributed by atoms with Crippen molar-refractivity contribution in [1.82, 2.24) is 15.0 Å². The van der Waals surface area contributed by atoms with E-state index in [0.717, 1.165) is 22.4 Å². The number of anilines is 2. The van der Waals surface area contributed by atoms with Gasteiger partial charge in [-0.15, -0.1) is 0 Å².